The van der Waals surface area contributed by atoms with E-state index in [1.807, 2.05) is 0 Å². The van der Waals surface area contributed by atoms with E-state index in [0.717, 1.165) is 17.8 Å². The third-order valence-electron chi connectivity index (χ3n) is 2.89. The Kier molecular flexibility index (Phi) is 1.26. The molecule has 1 saturated carbocycles. The Morgan fingerprint density at radius 2 is 2.00 bits per heavy atom. The molecule has 1 heteroatoms. The summed E-state index contributed by atoms with van der Waals surface area (Å²) in [5.41, 5.74) is 0. The standard InChI is InChI=1S/C8H15N/c1-2-3-6-7-4-9-5-8(6)7/h6-9H,2-5H2,1H3/t6?,7-,8+. The van der Waals surface area contributed by atoms with Crippen molar-refractivity contribution in [2.24, 2.45) is 17.8 Å². The monoisotopic (exact) mass is 125 g/mol. The van der Waals surface area contributed by atoms with Crippen molar-refractivity contribution >= 4 is 0 Å². The van der Waals surface area contributed by atoms with E-state index in [-0.39, 0.29) is 0 Å². The van der Waals surface area contributed by atoms with Crippen LogP contribution in [0.4, 0.5) is 0 Å². The molecule has 1 unspecified atom stereocenters. The highest BCUT2D eigenvalue weighted by molar-refractivity contribution is 5.03. The topological polar surface area (TPSA) is 12.0 Å². The molecule has 1 heterocycles. The number of fused-ring (bicyclic) bond motifs is 1. The third kappa shape index (κ3) is 0.787. The molecule has 1 N–H and O–H groups in total. The van der Waals surface area contributed by atoms with Crippen molar-refractivity contribution in [1.29, 1.82) is 0 Å². The van der Waals surface area contributed by atoms with Gasteiger partial charge in [-0.05, 0) is 30.8 Å². The lowest BCUT2D eigenvalue weighted by Crippen LogP contribution is -2.14. The molecule has 1 aliphatic carbocycles. The van der Waals surface area contributed by atoms with Gasteiger partial charge in [0, 0.05) is 0 Å². The summed E-state index contributed by atoms with van der Waals surface area (Å²) in [6.45, 7) is 4.92. The van der Waals surface area contributed by atoms with Gasteiger partial charge in [0.05, 0.1) is 0 Å². The predicted octanol–water partition coefficient (Wildman–Crippen LogP) is 1.25. The van der Waals surface area contributed by atoms with Crippen LogP contribution in [-0.4, -0.2) is 13.1 Å². The quantitative estimate of drug-likeness (QED) is 0.585. The average Bonchev–Trinajstić information content (AvgIpc) is 2.39. The van der Waals surface area contributed by atoms with Crippen LogP contribution in [0.25, 0.3) is 0 Å². The summed E-state index contributed by atoms with van der Waals surface area (Å²) in [6.07, 6.45) is 2.87. The van der Waals surface area contributed by atoms with Gasteiger partial charge in [0.25, 0.3) is 0 Å². The Morgan fingerprint density at radius 1 is 1.33 bits per heavy atom. The minimum Gasteiger partial charge on any atom is -0.316 e. The molecule has 0 amide bonds. The van der Waals surface area contributed by atoms with Crippen LogP contribution in [0.5, 0.6) is 0 Å². The zero-order valence-corrected chi connectivity index (χ0v) is 6.06. The molecule has 2 fully saturated rings. The van der Waals surface area contributed by atoms with Crippen molar-refractivity contribution in [3.63, 3.8) is 0 Å². The molecule has 3 atom stereocenters. The highest BCUT2D eigenvalue weighted by atomic mass is 15.0. The second kappa shape index (κ2) is 1.98. The van der Waals surface area contributed by atoms with Gasteiger partial charge >= 0.3 is 0 Å². The smallest absolute Gasteiger partial charge is 0.00144 e. The van der Waals surface area contributed by atoms with Crippen LogP contribution in [0, 0.1) is 17.8 Å². The fourth-order valence-electron chi connectivity index (χ4n) is 2.31. The molecule has 1 saturated heterocycles. The third-order valence-corrected chi connectivity index (χ3v) is 2.89. The maximum atomic E-state index is 3.41. The molecule has 0 bridgehead atoms. The minimum atomic E-state index is 1.09. The van der Waals surface area contributed by atoms with E-state index in [4.69, 9.17) is 0 Å². The Labute approximate surface area is 56.8 Å². The Bertz CT molecular complexity index is 101. The fourth-order valence-corrected chi connectivity index (χ4v) is 2.31. The van der Waals surface area contributed by atoms with Gasteiger partial charge < -0.3 is 5.32 Å². The van der Waals surface area contributed by atoms with Crippen molar-refractivity contribution in [3.05, 3.63) is 0 Å². The Balaban J connectivity index is 1.81. The highest BCUT2D eigenvalue weighted by Gasteiger charge is 2.51. The second-order valence-electron chi connectivity index (χ2n) is 3.44. The van der Waals surface area contributed by atoms with E-state index in [1.165, 1.54) is 25.9 Å². The normalized spacial score (nSPS) is 47.0. The fraction of sp³-hybridized carbons (Fsp3) is 1.00. The molecule has 52 valence electrons. The van der Waals surface area contributed by atoms with Crippen molar-refractivity contribution in [2.45, 2.75) is 19.8 Å². The van der Waals surface area contributed by atoms with Gasteiger partial charge in [-0.2, -0.15) is 0 Å². The molecule has 0 aromatic carbocycles. The van der Waals surface area contributed by atoms with Gasteiger partial charge in [-0.15, -0.1) is 0 Å². The van der Waals surface area contributed by atoms with E-state index in [1.54, 1.807) is 0 Å². The van der Waals surface area contributed by atoms with E-state index >= 15 is 0 Å². The van der Waals surface area contributed by atoms with Crippen LogP contribution in [0.1, 0.15) is 19.8 Å². The number of nitrogens with one attached hydrogen (secondary N) is 1. The second-order valence-corrected chi connectivity index (χ2v) is 3.44. The van der Waals surface area contributed by atoms with Crippen molar-refractivity contribution < 1.29 is 0 Å². The van der Waals surface area contributed by atoms with E-state index in [2.05, 4.69) is 12.2 Å². The predicted molar refractivity (Wildman–Crippen MR) is 38.2 cm³/mol. The first-order valence-corrected chi connectivity index (χ1v) is 4.14. The average molecular weight is 125 g/mol. The van der Waals surface area contributed by atoms with Crippen molar-refractivity contribution in [2.75, 3.05) is 13.1 Å². The number of hydrogen-bond acceptors (Lipinski definition) is 1. The summed E-state index contributed by atoms with van der Waals surface area (Å²) in [6, 6.07) is 0. The minimum absolute atomic E-state index is 1.09. The molecule has 1 nitrogen and oxygen atoms in total. The Morgan fingerprint density at radius 3 is 2.56 bits per heavy atom. The summed E-state index contributed by atoms with van der Waals surface area (Å²) in [7, 11) is 0. The maximum Gasteiger partial charge on any atom is -0.00144 e. The summed E-state index contributed by atoms with van der Waals surface area (Å²) in [5, 5.41) is 3.41. The largest absolute Gasteiger partial charge is 0.316 e. The van der Waals surface area contributed by atoms with Crippen LogP contribution in [0.3, 0.4) is 0 Å². The van der Waals surface area contributed by atoms with Gasteiger partial charge in [-0.1, -0.05) is 19.8 Å². The van der Waals surface area contributed by atoms with E-state index < -0.39 is 0 Å². The lowest BCUT2D eigenvalue weighted by Gasteiger charge is -1.99. The van der Waals surface area contributed by atoms with E-state index in [9.17, 15) is 0 Å². The van der Waals surface area contributed by atoms with Crippen LogP contribution in [-0.2, 0) is 0 Å². The molecular formula is C8H15N. The molecule has 0 spiro atoms. The van der Waals surface area contributed by atoms with E-state index in [0.29, 0.717) is 0 Å². The van der Waals surface area contributed by atoms with Gasteiger partial charge in [-0.3, -0.25) is 0 Å². The van der Waals surface area contributed by atoms with Gasteiger partial charge in [0.1, 0.15) is 0 Å². The number of rotatable bonds is 2. The van der Waals surface area contributed by atoms with Gasteiger partial charge in [-0.25, -0.2) is 0 Å². The SMILES string of the molecule is CCCC1[C@H]2CNC[C@@H]12. The molecule has 1 aliphatic heterocycles. The van der Waals surface area contributed by atoms with Crippen LogP contribution < -0.4 is 5.32 Å². The molecule has 9 heavy (non-hydrogen) atoms. The van der Waals surface area contributed by atoms with Crippen LogP contribution in [0.15, 0.2) is 0 Å². The molecule has 0 radical (unpaired) electrons. The molecule has 2 rings (SSSR count). The molecular weight excluding hydrogens is 110 g/mol. The first kappa shape index (κ1) is 5.72. The summed E-state index contributed by atoms with van der Waals surface area (Å²) < 4.78 is 0. The summed E-state index contributed by atoms with van der Waals surface area (Å²) in [4.78, 5) is 0. The first-order valence-electron chi connectivity index (χ1n) is 4.14. The van der Waals surface area contributed by atoms with Gasteiger partial charge in [0.2, 0.25) is 0 Å². The van der Waals surface area contributed by atoms with Crippen molar-refractivity contribution in [3.8, 4) is 0 Å². The maximum absolute atomic E-state index is 3.41. The van der Waals surface area contributed by atoms with Crippen LogP contribution in [0.2, 0.25) is 0 Å². The lowest BCUT2D eigenvalue weighted by molar-refractivity contribution is 0.553. The zero-order valence-electron chi connectivity index (χ0n) is 6.06. The molecule has 0 aromatic rings. The lowest BCUT2D eigenvalue weighted by atomic mass is 10.2. The number of piperidine rings is 1. The van der Waals surface area contributed by atoms with Crippen LogP contribution >= 0.6 is 0 Å². The first-order chi connectivity index (χ1) is 4.43. The molecule has 0 aromatic heterocycles. The van der Waals surface area contributed by atoms with Gasteiger partial charge in [0.15, 0.2) is 0 Å². The highest BCUT2D eigenvalue weighted by Crippen LogP contribution is 2.50. The Hall–Kier alpha value is -0.0400. The molecule has 2 aliphatic rings. The number of hydrogen-bond donors (Lipinski definition) is 1. The zero-order chi connectivity index (χ0) is 6.27. The van der Waals surface area contributed by atoms with Crippen molar-refractivity contribution in [1.82, 2.24) is 5.32 Å². The summed E-state index contributed by atoms with van der Waals surface area (Å²) >= 11 is 0. The summed E-state index contributed by atoms with van der Waals surface area (Å²) in [5.74, 6) is 3.30.